The number of nitrogens with zero attached hydrogens (tertiary/aromatic N) is 3. The lowest BCUT2D eigenvalue weighted by molar-refractivity contribution is -0.123. The van der Waals surface area contributed by atoms with Gasteiger partial charge in [0.1, 0.15) is 0 Å². The molecule has 2 unspecified atom stereocenters. The minimum absolute atomic E-state index is 0.0280. The predicted molar refractivity (Wildman–Crippen MR) is 143 cm³/mol. The number of ether oxygens (including phenoxy) is 1. The molecule has 0 saturated carbocycles. The third kappa shape index (κ3) is 5.07. The first-order valence-corrected chi connectivity index (χ1v) is 14.9. The maximum atomic E-state index is 14.0. The fraction of sp³-hybridized carbons (Fsp3) is 0.481. The first-order chi connectivity index (χ1) is 17.2. The lowest BCUT2D eigenvalue weighted by Gasteiger charge is -2.34. The number of hydrogen-bond acceptors (Lipinski definition) is 6. The third-order valence-electron chi connectivity index (χ3n) is 7.12. The molecule has 0 aliphatic carbocycles. The molecule has 0 bridgehead atoms. The van der Waals surface area contributed by atoms with Crippen molar-refractivity contribution in [1.29, 1.82) is 0 Å². The molecule has 0 N–H and O–H groups in total. The minimum atomic E-state index is -3.66. The second-order valence-electron chi connectivity index (χ2n) is 10.0. The summed E-state index contributed by atoms with van der Waals surface area (Å²) in [5.74, 6) is -0.488. The van der Waals surface area contributed by atoms with E-state index < -0.39 is 15.9 Å². The zero-order chi connectivity index (χ0) is 25.4. The molecule has 5 rings (SSSR count). The van der Waals surface area contributed by atoms with Crippen molar-refractivity contribution in [3.63, 3.8) is 0 Å². The van der Waals surface area contributed by atoms with Crippen LogP contribution in [0.4, 0.5) is 5.13 Å². The van der Waals surface area contributed by atoms with Crippen LogP contribution >= 0.6 is 11.3 Å². The number of aryl methyl sites for hydroxylation is 3. The monoisotopic (exact) mass is 527 g/mol. The molecular formula is C27H33N3O4S2. The molecule has 2 aromatic carbocycles. The number of carbonyl (C=O) groups is 1. The number of piperidine rings is 1. The number of fused-ring (bicyclic) bond motifs is 1. The summed E-state index contributed by atoms with van der Waals surface area (Å²) in [7, 11) is -3.66. The third-order valence-corrected chi connectivity index (χ3v) is 10.0. The van der Waals surface area contributed by atoms with E-state index in [9.17, 15) is 13.2 Å². The average Bonchev–Trinajstić information content (AvgIpc) is 3.52. The van der Waals surface area contributed by atoms with Gasteiger partial charge in [-0.25, -0.2) is 13.4 Å². The Labute approximate surface area is 217 Å². The smallest absolute Gasteiger partial charge is 0.243 e. The average molecular weight is 528 g/mol. The molecular weight excluding hydrogens is 494 g/mol. The van der Waals surface area contributed by atoms with Crippen LogP contribution in [0.5, 0.6) is 0 Å². The van der Waals surface area contributed by atoms with Gasteiger partial charge in [0.2, 0.25) is 15.9 Å². The molecule has 1 aromatic heterocycles. The summed E-state index contributed by atoms with van der Waals surface area (Å²) >= 11 is 1.52. The van der Waals surface area contributed by atoms with Gasteiger partial charge in [0.25, 0.3) is 0 Å². The van der Waals surface area contributed by atoms with Crippen LogP contribution in [0.1, 0.15) is 42.4 Å². The van der Waals surface area contributed by atoms with Crippen LogP contribution in [-0.2, 0) is 19.6 Å². The molecule has 192 valence electrons. The lowest BCUT2D eigenvalue weighted by Crippen LogP contribution is -2.48. The number of carbonyl (C=O) groups excluding carboxylic acids is 1. The minimum Gasteiger partial charge on any atom is -0.376 e. The zero-order valence-electron chi connectivity index (χ0n) is 21.1. The van der Waals surface area contributed by atoms with E-state index in [-0.39, 0.29) is 23.5 Å². The molecule has 2 aliphatic heterocycles. The Morgan fingerprint density at radius 2 is 1.89 bits per heavy atom. The van der Waals surface area contributed by atoms with Gasteiger partial charge in [-0.1, -0.05) is 35.1 Å². The van der Waals surface area contributed by atoms with Crippen LogP contribution < -0.4 is 4.90 Å². The second-order valence-corrected chi connectivity index (χ2v) is 13.0. The number of rotatable bonds is 6. The van der Waals surface area contributed by atoms with Gasteiger partial charge >= 0.3 is 0 Å². The standard InChI is InChI=1S/C27H33N3O4S2/c1-18-8-10-23(11-9-18)36(32,33)29-12-4-6-21(16-29)26(31)30(17-22-7-5-13-34-22)27-28-25-20(3)14-19(2)15-24(25)35-27/h8-11,14-15,21-22H,4-7,12-13,16-17H2,1-3H3. The van der Waals surface area contributed by atoms with Crippen molar-refractivity contribution in [1.82, 2.24) is 9.29 Å². The molecule has 0 radical (unpaired) electrons. The number of sulfonamides is 1. The van der Waals surface area contributed by atoms with Crippen molar-refractivity contribution >= 4 is 42.6 Å². The zero-order valence-corrected chi connectivity index (χ0v) is 22.7. The highest BCUT2D eigenvalue weighted by Gasteiger charge is 2.37. The van der Waals surface area contributed by atoms with Crippen LogP contribution in [0.15, 0.2) is 41.3 Å². The Morgan fingerprint density at radius 3 is 2.61 bits per heavy atom. The SMILES string of the molecule is Cc1ccc(S(=O)(=O)N2CCCC(C(=O)N(CC3CCCO3)c3nc4c(C)cc(C)cc4s3)C2)cc1. The Balaban J connectivity index is 1.43. The molecule has 36 heavy (non-hydrogen) atoms. The van der Waals surface area contributed by atoms with Gasteiger partial charge in [-0.2, -0.15) is 4.31 Å². The second kappa shape index (κ2) is 10.2. The molecule has 7 nitrogen and oxygen atoms in total. The molecule has 2 aliphatic rings. The maximum absolute atomic E-state index is 14.0. The number of aromatic nitrogens is 1. The van der Waals surface area contributed by atoms with Crippen molar-refractivity contribution in [3.05, 3.63) is 53.1 Å². The van der Waals surface area contributed by atoms with E-state index >= 15 is 0 Å². The van der Waals surface area contributed by atoms with Crippen LogP contribution in [0.2, 0.25) is 0 Å². The quantitative estimate of drug-likeness (QED) is 0.459. The number of benzene rings is 2. The van der Waals surface area contributed by atoms with Gasteiger partial charge < -0.3 is 4.74 Å². The molecule has 2 saturated heterocycles. The fourth-order valence-electron chi connectivity index (χ4n) is 5.17. The molecule has 3 heterocycles. The summed E-state index contributed by atoms with van der Waals surface area (Å²) in [6.45, 7) is 7.78. The van der Waals surface area contributed by atoms with Crippen LogP contribution in [-0.4, -0.2) is 56.0 Å². The summed E-state index contributed by atoms with van der Waals surface area (Å²) in [4.78, 5) is 20.9. The summed E-state index contributed by atoms with van der Waals surface area (Å²) in [6.07, 6.45) is 3.17. The van der Waals surface area contributed by atoms with Gasteiger partial charge in [-0.05, 0) is 75.8 Å². The Morgan fingerprint density at radius 1 is 1.11 bits per heavy atom. The van der Waals surface area contributed by atoms with Gasteiger partial charge in [-0.3, -0.25) is 9.69 Å². The van der Waals surface area contributed by atoms with Gasteiger partial charge in [0.05, 0.1) is 33.7 Å². The number of hydrogen-bond donors (Lipinski definition) is 0. The van der Waals surface area contributed by atoms with Crippen LogP contribution in [0.3, 0.4) is 0 Å². The summed E-state index contributed by atoms with van der Waals surface area (Å²) in [5, 5.41) is 0.665. The Kier molecular flexibility index (Phi) is 7.18. The highest BCUT2D eigenvalue weighted by Crippen LogP contribution is 2.34. The van der Waals surface area contributed by atoms with E-state index in [1.807, 2.05) is 13.8 Å². The van der Waals surface area contributed by atoms with Crippen LogP contribution in [0, 0.1) is 26.7 Å². The first kappa shape index (κ1) is 25.3. The highest BCUT2D eigenvalue weighted by atomic mass is 32.2. The van der Waals surface area contributed by atoms with Gasteiger partial charge in [0.15, 0.2) is 5.13 Å². The highest BCUT2D eigenvalue weighted by molar-refractivity contribution is 7.89. The van der Waals surface area contributed by atoms with E-state index in [1.165, 1.54) is 15.6 Å². The maximum Gasteiger partial charge on any atom is 0.243 e. The van der Waals surface area contributed by atoms with Gasteiger partial charge in [0, 0.05) is 19.7 Å². The van der Waals surface area contributed by atoms with Crippen molar-refractivity contribution in [3.8, 4) is 0 Å². The Hall–Kier alpha value is -2.33. The van der Waals surface area contributed by atoms with Crippen molar-refractivity contribution in [2.45, 2.75) is 57.5 Å². The number of amides is 1. The molecule has 1 amide bonds. The Bertz CT molecular complexity index is 1360. The summed E-state index contributed by atoms with van der Waals surface area (Å²) in [5.41, 5.74) is 4.17. The topological polar surface area (TPSA) is 79.8 Å². The van der Waals surface area contributed by atoms with Crippen molar-refractivity contribution < 1.29 is 17.9 Å². The molecule has 9 heteroatoms. The number of thiazole rings is 1. The van der Waals surface area contributed by atoms with E-state index in [0.29, 0.717) is 37.7 Å². The molecule has 2 atom stereocenters. The molecule has 3 aromatic rings. The largest absolute Gasteiger partial charge is 0.376 e. The summed E-state index contributed by atoms with van der Waals surface area (Å²) in [6, 6.07) is 11.1. The van der Waals surface area contributed by atoms with Crippen molar-refractivity contribution in [2.75, 3.05) is 31.1 Å². The normalized spacial score (nSPS) is 21.2. The van der Waals surface area contributed by atoms with Crippen LogP contribution in [0.25, 0.3) is 10.2 Å². The van der Waals surface area contributed by atoms with E-state index in [1.54, 1.807) is 29.2 Å². The van der Waals surface area contributed by atoms with E-state index in [4.69, 9.17) is 9.72 Å². The molecule has 2 fully saturated rings. The lowest BCUT2D eigenvalue weighted by atomic mass is 9.98. The van der Waals surface area contributed by atoms with Gasteiger partial charge in [-0.15, -0.1) is 0 Å². The first-order valence-electron chi connectivity index (χ1n) is 12.6. The predicted octanol–water partition coefficient (Wildman–Crippen LogP) is 4.83. The van der Waals surface area contributed by atoms with Crippen molar-refractivity contribution in [2.24, 2.45) is 5.92 Å². The summed E-state index contributed by atoms with van der Waals surface area (Å²) < 4.78 is 35.1. The number of anilines is 1. The molecule has 0 spiro atoms. The van der Waals surface area contributed by atoms with E-state index in [2.05, 4.69) is 19.1 Å². The fourth-order valence-corrected chi connectivity index (χ4v) is 7.85. The van der Waals surface area contributed by atoms with E-state index in [0.717, 1.165) is 39.7 Å².